The molecule has 2 aromatic heterocycles. The van der Waals surface area contributed by atoms with Crippen LogP contribution in [0.1, 0.15) is 11.1 Å². The number of anilines is 1. The summed E-state index contributed by atoms with van der Waals surface area (Å²) >= 11 is 3.99. The zero-order chi connectivity index (χ0) is 14.3. The summed E-state index contributed by atoms with van der Waals surface area (Å²) in [6.07, 6.45) is 1.78. The van der Waals surface area contributed by atoms with Crippen molar-refractivity contribution in [3.05, 3.63) is 44.5 Å². The number of benzene rings is 1. The smallest absolute Gasteiger partial charge is 0.148 e. The molecule has 0 unspecified atom stereocenters. The number of nitrogens with zero attached hydrogens (tertiary/aromatic N) is 1. The second kappa shape index (κ2) is 5.21. The van der Waals surface area contributed by atoms with E-state index in [0.29, 0.717) is 0 Å². The lowest BCUT2D eigenvalue weighted by atomic mass is 10.1. The van der Waals surface area contributed by atoms with Gasteiger partial charge in [0.1, 0.15) is 11.5 Å². The molecule has 3 rings (SSSR count). The van der Waals surface area contributed by atoms with Crippen LogP contribution in [0, 0.1) is 16.7 Å². The van der Waals surface area contributed by atoms with Crippen LogP contribution in [0.4, 0.5) is 5.69 Å². The monoisotopic (exact) mass is 396 g/mol. The molecule has 0 aliphatic heterocycles. The Morgan fingerprint density at radius 2 is 1.90 bits per heavy atom. The van der Waals surface area contributed by atoms with Gasteiger partial charge in [0.15, 0.2) is 0 Å². The number of aromatic nitrogens is 1. The number of fused-ring (bicyclic) bond motifs is 1. The third kappa shape index (κ3) is 2.47. The van der Waals surface area contributed by atoms with Crippen LogP contribution in [-0.4, -0.2) is 4.98 Å². The molecule has 0 aliphatic rings. The van der Waals surface area contributed by atoms with E-state index < -0.39 is 0 Å². The topological polar surface area (TPSA) is 48.1 Å². The van der Waals surface area contributed by atoms with E-state index in [1.165, 1.54) is 2.88 Å². The Bertz CT molecular complexity index is 775. The summed E-state index contributed by atoms with van der Waals surface area (Å²) in [6.45, 7) is 4.02. The Labute approximate surface area is 134 Å². The van der Waals surface area contributed by atoms with Crippen molar-refractivity contribution in [2.24, 2.45) is 0 Å². The third-order valence-electron chi connectivity index (χ3n) is 3.04. The molecular formula is C15H13IN2OS. The van der Waals surface area contributed by atoms with Crippen LogP contribution in [0.3, 0.4) is 0 Å². The number of aryl methyl sites for hydroxylation is 2. The van der Waals surface area contributed by atoms with Crippen LogP contribution in [0.25, 0.3) is 10.2 Å². The molecule has 3 aromatic rings. The van der Waals surface area contributed by atoms with Gasteiger partial charge in [-0.1, -0.05) is 0 Å². The maximum absolute atomic E-state index is 6.13. The quantitative estimate of drug-likeness (QED) is 0.496. The Morgan fingerprint density at radius 1 is 1.20 bits per heavy atom. The number of ether oxygens (including phenoxy) is 1. The molecule has 0 spiro atoms. The molecular weight excluding hydrogens is 383 g/mol. The van der Waals surface area contributed by atoms with E-state index in [4.69, 9.17) is 10.5 Å². The molecule has 5 heteroatoms. The molecule has 0 saturated heterocycles. The Balaban J connectivity index is 2.10. The highest BCUT2D eigenvalue weighted by Gasteiger charge is 2.11. The van der Waals surface area contributed by atoms with Crippen LogP contribution in [-0.2, 0) is 0 Å². The van der Waals surface area contributed by atoms with Gasteiger partial charge in [-0.25, -0.2) is 0 Å². The third-order valence-corrected chi connectivity index (χ3v) is 4.94. The maximum atomic E-state index is 6.13. The minimum absolute atomic E-state index is 0.762. The Morgan fingerprint density at radius 3 is 2.60 bits per heavy atom. The first-order chi connectivity index (χ1) is 9.54. The predicted molar refractivity (Wildman–Crippen MR) is 92.7 cm³/mol. The van der Waals surface area contributed by atoms with E-state index in [1.54, 1.807) is 17.5 Å². The summed E-state index contributed by atoms with van der Waals surface area (Å²) in [7, 11) is 0. The summed E-state index contributed by atoms with van der Waals surface area (Å²) in [4.78, 5) is 4.37. The van der Waals surface area contributed by atoms with Gasteiger partial charge in [-0.2, -0.15) is 0 Å². The first kappa shape index (κ1) is 13.6. The number of pyridine rings is 1. The van der Waals surface area contributed by atoms with Crippen LogP contribution in [0.15, 0.2) is 30.5 Å². The van der Waals surface area contributed by atoms with Gasteiger partial charge in [0, 0.05) is 18.0 Å². The minimum Gasteiger partial charge on any atom is -0.455 e. The highest BCUT2D eigenvalue weighted by atomic mass is 127. The van der Waals surface area contributed by atoms with Crippen molar-refractivity contribution < 1.29 is 4.74 Å². The van der Waals surface area contributed by atoms with Gasteiger partial charge in [-0.15, -0.1) is 11.3 Å². The summed E-state index contributed by atoms with van der Waals surface area (Å²) in [5, 5.41) is 0. The van der Waals surface area contributed by atoms with Crippen molar-refractivity contribution in [1.82, 2.24) is 4.98 Å². The lowest BCUT2D eigenvalue weighted by Gasteiger charge is -2.13. The van der Waals surface area contributed by atoms with E-state index in [2.05, 4.69) is 33.6 Å². The molecule has 0 atom stereocenters. The van der Waals surface area contributed by atoms with Crippen molar-refractivity contribution >= 4 is 49.8 Å². The highest BCUT2D eigenvalue weighted by molar-refractivity contribution is 14.1. The Hall–Kier alpha value is -1.34. The van der Waals surface area contributed by atoms with Crippen LogP contribution in [0.5, 0.6) is 11.5 Å². The van der Waals surface area contributed by atoms with Crippen LogP contribution < -0.4 is 10.5 Å². The zero-order valence-corrected chi connectivity index (χ0v) is 14.1. The van der Waals surface area contributed by atoms with Crippen LogP contribution in [0.2, 0.25) is 0 Å². The maximum Gasteiger partial charge on any atom is 0.148 e. The van der Waals surface area contributed by atoms with Gasteiger partial charge >= 0.3 is 0 Å². The highest BCUT2D eigenvalue weighted by Crippen LogP contribution is 2.37. The van der Waals surface area contributed by atoms with Crippen molar-refractivity contribution in [3.8, 4) is 11.5 Å². The number of hydrogen-bond donors (Lipinski definition) is 1. The average molecular weight is 396 g/mol. The van der Waals surface area contributed by atoms with Gasteiger partial charge < -0.3 is 10.5 Å². The summed E-state index contributed by atoms with van der Waals surface area (Å²) in [6, 6.07) is 7.83. The molecule has 1 aromatic carbocycles. The van der Waals surface area contributed by atoms with Crippen molar-refractivity contribution in [3.63, 3.8) is 0 Å². The van der Waals surface area contributed by atoms with E-state index in [9.17, 15) is 0 Å². The van der Waals surface area contributed by atoms with Crippen molar-refractivity contribution in [1.29, 1.82) is 0 Å². The first-order valence-electron chi connectivity index (χ1n) is 6.13. The van der Waals surface area contributed by atoms with Crippen molar-refractivity contribution in [2.45, 2.75) is 13.8 Å². The average Bonchev–Trinajstić information content (AvgIpc) is 2.74. The molecule has 0 amide bonds. The normalized spacial score (nSPS) is 10.9. The standard InChI is InChI=1S/C15H13IN2OS/c1-8-5-10(17)6-9(2)14(8)19-12-3-4-18-11-7-13(16)20-15(11)12/h3-7H,17H2,1-2H3. The molecule has 0 aliphatic carbocycles. The number of nitrogens with two attached hydrogens (primary N) is 1. The molecule has 0 fully saturated rings. The SMILES string of the molecule is Cc1cc(N)cc(C)c1Oc1ccnc2cc(I)sc12. The van der Waals surface area contributed by atoms with E-state index in [0.717, 1.165) is 38.5 Å². The number of nitrogen functional groups attached to an aromatic ring is 1. The number of rotatable bonds is 2. The van der Waals surface area contributed by atoms with E-state index in [-0.39, 0.29) is 0 Å². The molecule has 20 heavy (non-hydrogen) atoms. The molecule has 102 valence electrons. The first-order valence-corrected chi connectivity index (χ1v) is 8.03. The van der Waals surface area contributed by atoms with Gasteiger partial charge in [0.2, 0.25) is 0 Å². The summed E-state index contributed by atoms with van der Waals surface area (Å²) < 4.78 is 8.41. The fourth-order valence-corrected chi connectivity index (χ4v) is 3.97. The largest absolute Gasteiger partial charge is 0.455 e. The van der Waals surface area contributed by atoms with Gasteiger partial charge in [0.05, 0.1) is 13.1 Å². The van der Waals surface area contributed by atoms with Crippen molar-refractivity contribution in [2.75, 3.05) is 5.73 Å². The number of thiophene rings is 1. The van der Waals surface area contributed by atoms with Gasteiger partial charge in [-0.05, 0) is 65.8 Å². The minimum atomic E-state index is 0.762. The summed E-state index contributed by atoms with van der Waals surface area (Å²) in [5.41, 5.74) is 9.67. The number of halogens is 1. The molecule has 2 heterocycles. The van der Waals surface area contributed by atoms with Gasteiger partial charge in [-0.3, -0.25) is 4.98 Å². The lowest BCUT2D eigenvalue weighted by Crippen LogP contribution is -1.94. The van der Waals surface area contributed by atoms with Gasteiger partial charge in [0.25, 0.3) is 0 Å². The predicted octanol–water partition coefficient (Wildman–Crippen LogP) is 4.89. The molecule has 0 bridgehead atoms. The van der Waals surface area contributed by atoms with E-state index in [1.807, 2.05) is 32.0 Å². The molecule has 2 N–H and O–H groups in total. The Kier molecular flexibility index (Phi) is 3.55. The molecule has 0 radical (unpaired) electrons. The summed E-state index contributed by atoms with van der Waals surface area (Å²) in [5.74, 6) is 1.72. The number of hydrogen-bond acceptors (Lipinski definition) is 4. The van der Waals surface area contributed by atoms with Crippen LogP contribution >= 0.6 is 33.9 Å². The zero-order valence-electron chi connectivity index (χ0n) is 11.1. The lowest BCUT2D eigenvalue weighted by molar-refractivity contribution is 0.481. The molecule has 0 saturated carbocycles. The fraction of sp³-hybridized carbons (Fsp3) is 0.133. The fourth-order valence-electron chi connectivity index (χ4n) is 2.22. The van der Waals surface area contributed by atoms with E-state index >= 15 is 0 Å². The second-order valence-corrected chi connectivity index (χ2v) is 7.61. The second-order valence-electron chi connectivity index (χ2n) is 4.66. The molecule has 3 nitrogen and oxygen atoms in total.